The Morgan fingerprint density at radius 2 is 1.53 bits per heavy atom. The summed E-state index contributed by atoms with van der Waals surface area (Å²) in [7, 11) is 0. The van der Waals surface area contributed by atoms with Gasteiger partial charge in [0.15, 0.2) is 0 Å². The number of aliphatic hydroxyl groups is 1. The van der Waals surface area contributed by atoms with E-state index in [4.69, 9.17) is 4.42 Å². The molecule has 0 saturated heterocycles. The quantitative estimate of drug-likeness (QED) is 0.413. The molecule has 0 spiro atoms. The van der Waals surface area contributed by atoms with Gasteiger partial charge in [0.25, 0.3) is 5.89 Å². The lowest BCUT2D eigenvalue weighted by molar-refractivity contribution is 0.0395. The summed E-state index contributed by atoms with van der Waals surface area (Å²) in [6.45, 7) is 0.782. The first kappa shape index (κ1) is 22.1. The van der Waals surface area contributed by atoms with Gasteiger partial charge in [-0.15, -0.1) is 10.2 Å². The van der Waals surface area contributed by atoms with Crippen molar-refractivity contribution < 1.29 is 27.1 Å². The molecule has 0 radical (unpaired) electrons. The van der Waals surface area contributed by atoms with Crippen molar-refractivity contribution in [2.24, 2.45) is 0 Å². The number of alkyl halides is 2. The zero-order chi connectivity index (χ0) is 23.8. The largest absolute Gasteiger partial charge is 0.415 e. The maximum atomic E-state index is 13.5. The highest BCUT2D eigenvalue weighted by Gasteiger charge is 2.35. The smallest absolute Gasteiger partial charge is 0.314 e. The molecule has 1 aliphatic heterocycles. The molecule has 0 saturated carbocycles. The van der Waals surface area contributed by atoms with Crippen LogP contribution in [0.2, 0.25) is 0 Å². The van der Waals surface area contributed by atoms with Gasteiger partial charge >= 0.3 is 6.43 Å². The lowest BCUT2D eigenvalue weighted by atomic mass is 10.0. The van der Waals surface area contributed by atoms with E-state index in [2.05, 4.69) is 20.2 Å². The van der Waals surface area contributed by atoms with Gasteiger partial charge in [0, 0.05) is 18.7 Å². The van der Waals surface area contributed by atoms with E-state index in [0.717, 1.165) is 23.5 Å². The van der Waals surface area contributed by atoms with Crippen molar-refractivity contribution in [3.63, 3.8) is 0 Å². The predicted molar refractivity (Wildman–Crippen MR) is 110 cm³/mol. The Morgan fingerprint density at radius 1 is 0.853 bits per heavy atom. The van der Waals surface area contributed by atoms with Gasteiger partial charge in [0.05, 0.1) is 29.8 Å². The van der Waals surface area contributed by atoms with Crippen molar-refractivity contribution in [2.75, 3.05) is 0 Å². The Bertz CT molecular complexity index is 1300. The summed E-state index contributed by atoms with van der Waals surface area (Å²) in [5, 5.41) is 18.2. The molecule has 4 aromatic rings. The summed E-state index contributed by atoms with van der Waals surface area (Å²) < 4.78 is 57.5. The zero-order valence-corrected chi connectivity index (χ0v) is 17.4. The Kier molecular flexibility index (Phi) is 5.80. The van der Waals surface area contributed by atoms with Crippen molar-refractivity contribution >= 4 is 0 Å². The van der Waals surface area contributed by atoms with Gasteiger partial charge in [-0.1, -0.05) is 6.07 Å². The molecule has 2 atom stereocenters. The summed E-state index contributed by atoms with van der Waals surface area (Å²) in [6.07, 6.45) is -1.98. The SMILES string of the molecule is O[C@@H](c1ccc(F)cn1)[C@@H](c1ccc(F)cn1)N1Cc2ccc(-c3nnc(C(F)F)o3)cc2C1. The molecule has 5 rings (SSSR count). The Labute approximate surface area is 190 Å². The second-order valence-corrected chi connectivity index (χ2v) is 7.83. The third-order valence-corrected chi connectivity index (χ3v) is 5.63. The monoisotopic (exact) mass is 471 g/mol. The van der Waals surface area contributed by atoms with E-state index in [9.17, 15) is 22.7 Å². The third kappa shape index (κ3) is 4.27. The molecule has 0 unspecified atom stereocenters. The molecule has 0 aliphatic carbocycles. The minimum atomic E-state index is -2.86. The van der Waals surface area contributed by atoms with Crippen LogP contribution in [0.3, 0.4) is 0 Å². The standard InChI is InChI=1S/C23H17F4N5O2/c24-15-3-5-17(28-8-15)19(20(33)18-6-4-16(25)9-29-18)32-10-13-2-1-12(7-14(13)11-32)22-30-31-23(34-22)21(26)27/h1-9,19-21,33H,10-11H2/t19-,20+/m1/s1. The molecule has 0 fully saturated rings. The van der Waals surface area contributed by atoms with E-state index in [1.54, 1.807) is 12.1 Å². The van der Waals surface area contributed by atoms with E-state index in [-0.39, 0.29) is 11.6 Å². The molecule has 4 heterocycles. The summed E-state index contributed by atoms with van der Waals surface area (Å²) in [5.41, 5.74) is 2.92. The van der Waals surface area contributed by atoms with Gasteiger partial charge in [-0.3, -0.25) is 14.9 Å². The molecular formula is C23H17F4N5O2. The van der Waals surface area contributed by atoms with Crippen molar-refractivity contribution in [1.29, 1.82) is 0 Å². The fourth-order valence-corrected chi connectivity index (χ4v) is 4.02. The molecular weight excluding hydrogens is 454 g/mol. The van der Waals surface area contributed by atoms with Crippen LogP contribution in [0.4, 0.5) is 17.6 Å². The Hall–Kier alpha value is -3.70. The van der Waals surface area contributed by atoms with Crippen LogP contribution in [0.15, 0.2) is 59.3 Å². The van der Waals surface area contributed by atoms with E-state index < -0.39 is 36.1 Å². The van der Waals surface area contributed by atoms with Crippen molar-refractivity contribution in [2.45, 2.75) is 31.7 Å². The average molecular weight is 471 g/mol. The Balaban J connectivity index is 1.46. The van der Waals surface area contributed by atoms with Crippen molar-refractivity contribution in [3.05, 3.63) is 94.9 Å². The van der Waals surface area contributed by atoms with E-state index >= 15 is 0 Å². The van der Waals surface area contributed by atoms with Crippen molar-refractivity contribution in [1.82, 2.24) is 25.1 Å². The van der Waals surface area contributed by atoms with Gasteiger partial charge in [-0.25, -0.2) is 8.78 Å². The number of benzene rings is 1. The first-order chi connectivity index (χ1) is 16.4. The van der Waals surface area contributed by atoms with Gasteiger partial charge < -0.3 is 9.52 Å². The van der Waals surface area contributed by atoms with Crippen LogP contribution >= 0.6 is 0 Å². The normalized spacial score (nSPS) is 15.5. The van der Waals surface area contributed by atoms with Crippen LogP contribution in [0.1, 0.15) is 47.0 Å². The van der Waals surface area contributed by atoms with Crippen LogP contribution < -0.4 is 0 Å². The van der Waals surface area contributed by atoms with E-state index in [1.807, 2.05) is 11.0 Å². The van der Waals surface area contributed by atoms with Crippen LogP contribution in [-0.2, 0) is 13.1 Å². The minimum Gasteiger partial charge on any atom is -0.415 e. The average Bonchev–Trinajstić information content (AvgIpc) is 3.48. The van der Waals surface area contributed by atoms with Crippen LogP contribution in [-0.4, -0.2) is 30.2 Å². The first-order valence-corrected chi connectivity index (χ1v) is 10.3. The van der Waals surface area contributed by atoms with Gasteiger partial charge in [-0.2, -0.15) is 8.78 Å². The molecule has 1 aliphatic rings. The second kappa shape index (κ2) is 8.92. The number of hydrogen-bond acceptors (Lipinski definition) is 7. The van der Waals surface area contributed by atoms with E-state index in [1.165, 1.54) is 24.3 Å². The molecule has 34 heavy (non-hydrogen) atoms. The van der Waals surface area contributed by atoms with Gasteiger partial charge in [0.1, 0.15) is 17.7 Å². The second-order valence-electron chi connectivity index (χ2n) is 7.83. The molecule has 174 valence electrons. The highest BCUT2D eigenvalue weighted by molar-refractivity contribution is 5.56. The summed E-state index contributed by atoms with van der Waals surface area (Å²) in [4.78, 5) is 10.1. The number of hydrogen-bond donors (Lipinski definition) is 1. The molecule has 0 amide bonds. The maximum absolute atomic E-state index is 13.5. The van der Waals surface area contributed by atoms with Gasteiger partial charge in [-0.05, 0) is 47.5 Å². The van der Waals surface area contributed by atoms with Gasteiger partial charge in [0.2, 0.25) is 5.89 Å². The summed E-state index contributed by atoms with van der Waals surface area (Å²) in [5.74, 6) is -1.84. The number of fused-ring (bicyclic) bond motifs is 1. The van der Waals surface area contributed by atoms with E-state index in [0.29, 0.717) is 24.3 Å². The molecule has 1 N–H and O–H groups in total. The highest BCUT2D eigenvalue weighted by Crippen LogP contribution is 2.39. The zero-order valence-electron chi connectivity index (χ0n) is 17.4. The lowest BCUT2D eigenvalue weighted by Crippen LogP contribution is -2.30. The number of nitrogens with zero attached hydrogens (tertiary/aromatic N) is 5. The first-order valence-electron chi connectivity index (χ1n) is 10.3. The molecule has 11 heteroatoms. The number of pyridine rings is 2. The summed E-state index contributed by atoms with van der Waals surface area (Å²) >= 11 is 0. The summed E-state index contributed by atoms with van der Waals surface area (Å²) in [6, 6.07) is 9.85. The number of rotatable bonds is 6. The van der Waals surface area contributed by atoms with Crippen LogP contribution in [0.25, 0.3) is 11.5 Å². The number of aromatic nitrogens is 4. The molecule has 3 aromatic heterocycles. The molecule has 7 nitrogen and oxygen atoms in total. The third-order valence-electron chi connectivity index (χ3n) is 5.63. The lowest BCUT2D eigenvalue weighted by Gasteiger charge is -2.31. The fourth-order valence-electron chi connectivity index (χ4n) is 4.02. The minimum absolute atomic E-state index is 0.0242. The molecule has 0 bridgehead atoms. The van der Waals surface area contributed by atoms with Crippen LogP contribution in [0.5, 0.6) is 0 Å². The highest BCUT2D eigenvalue weighted by atomic mass is 19.3. The molecule has 1 aromatic carbocycles. The topological polar surface area (TPSA) is 88.2 Å². The Morgan fingerprint density at radius 3 is 2.15 bits per heavy atom. The van der Waals surface area contributed by atoms with Crippen molar-refractivity contribution in [3.8, 4) is 11.5 Å². The predicted octanol–water partition coefficient (Wildman–Crippen LogP) is 4.53. The number of aliphatic hydroxyl groups excluding tert-OH is 1. The van der Waals surface area contributed by atoms with Crippen LogP contribution in [0, 0.1) is 11.6 Å². The fraction of sp³-hybridized carbons (Fsp3) is 0.217. The number of halogens is 4. The maximum Gasteiger partial charge on any atom is 0.314 e.